The molecule has 4 heteroatoms. The fraction of sp³-hybridized carbons (Fsp3) is 0.571. The van der Waals surface area contributed by atoms with Gasteiger partial charge in [-0.25, -0.2) is 0 Å². The molecule has 102 valence electrons. The molecule has 0 spiro atoms. The SMILES string of the molecule is CCCNC(c1cc(Cl)ccc1Cl)C(CC)OC. The zero-order valence-electron chi connectivity index (χ0n) is 11.2. The second-order valence-corrected chi connectivity index (χ2v) is 5.12. The molecule has 0 bridgehead atoms. The molecule has 0 aliphatic rings. The van der Waals surface area contributed by atoms with Gasteiger partial charge < -0.3 is 10.1 Å². The molecule has 1 aromatic rings. The van der Waals surface area contributed by atoms with Gasteiger partial charge in [0.15, 0.2) is 0 Å². The molecule has 0 aliphatic heterocycles. The minimum atomic E-state index is 0.0751. The molecule has 1 rings (SSSR count). The van der Waals surface area contributed by atoms with Crippen LogP contribution in [0.5, 0.6) is 0 Å². The van der Waals surface area contributed by atoms with Crippen molar-refractivity contribution in [3.05, 3.63) is 33.8 Å². The van der Waals surface area contributed by atoms with Gasteiger partial charge in [0.1, 0.15) is 0 Å². The predicted molar refractivity (Wildman–Crippen MR) is 78.6 cm³/mol. The first kappa shape index (κ1) is 15.8. The van der Waals surface area contributed by atoms with E-state index in [1.54, 1.807) is 13.2 Å². The van der Waals surface area contributed by atoms with Crippen LogP contribution >= 0.6 is 23.2 Å². The Hall–Kier alpha value is -0.280. The van der Waals surface area contributed by atoms with E-state index in [0.717, 1.165) is 30.0 Å². The van der Waals surface area contributed by atoms with E-state index in [4.69, 9.17) is 27.9 Å². The molecule has 18 heavy (non-hydrogen) atoms. The maximum Gasteiger partial charge on any atom is 0.0763 e. The summed E-state index contributed by atoms with van der Waals surface area (Å²) in [5, 5.41) is 4.91. The zero-order valence-corrected chi connectivity index (χ0v) is 12.7. The van der Waals surface area contributed by atoms with Gasteiger partial charge in [0, 0.05) is 17.2 Å². The number of hydrogen-bond donors (Lipinski definition) is 1. The lowest BCUT2D eigenvalue weighted by Crippen LogP contribution is -2.33. The second-order valence-electron chi connectivity index (χ2n) is 4.28. The average Bonchev–Trinajstić information content (AvgIpc) is 2.38. The molecular weight excluding hydrogens is 269 g/mol. The van der Waals surface area contributed by atoms with Crippen molar-refractivity contribution in [1.29, 1.82) is 0 Å². The number of hydrogen-bond acceptors (Lipinski definition) is 2. The van der Waals surface area contributed by atoms with Crippen molar-refractivity contribution in [2.75, 3.05) is 13.7 Å². The highest BCUT2D eigenvalue weighted by molar-refractivity contribution is 6.33. The first-order chi connectivity index (χ1) is 8.63. The Morgan fingerprint density at radius 3 is 2.56 bits per heavy atom. The zero-order chi connectivity index (χ0) is 13.5. The molecule has 0 saturated heterocycles. The lowest BCUT2D eigenvalue weighted by atomic mass is 9.99. The van der Waals surface area contributed by atoms with Crippen LogP contribution < -0.4 is 5.32 Å². The van der Waals surface area contributed by atoms with E-state index in [1.165, 1.54) is 0 Å². The number of methoxy groups -OCH3 is 1. The topological polar surface area (TPSA) is 21.3 Å². The monoisotopic (exact) mass is 289 g/mol. The van der Waals surface area contributed by atoms with Crippen molar-refractivity contribution in [3.8, 4) is 0 Å². The third-order valence-corrected chi connectivity index (χ3v) is 3.56. The van der Waals surface area contributed by atoms with Crippen molar-refractivity contribution in [2.45, 2.75) is 38.8 Å². The van der Waals surface area contributed by atoms with E-state index in [2.05, 4.69) is 19.2 Å². The molecule has 0 aliphatic carbocycles. The molecule has 2 atom stereocenters. The van der Waals surface area contributed by atoms with E-state index in [0.29, 0.717) is 5.02 Å². The number of nitrogens with one attached hydrogen (secondary N) is 1. The quantitative estimate of drug-likeness (QED) is 0.800. The molecule has 0 radical (unpaired) electrons. The molecule has 2 nitrogen and oxygen atoms in total. The Morgan fingerprint density at radius 1 is 1.28 bits per heavy atom. The number of halogens is 2. The number of benzene rings is 1. The van der Waals surface area contributed by atoms with E-state index >= 15 is 0 Å². The highest BCUT2D eigenvalue weighted by atomic mass is 35.5. The largest absolute Gasteiger partial charge is 0.379 e. The first-order valence-electron chi connectivity index (χ1n) is 6.35. The van der Waals surface area contributed by atoms with E-state index in [-0.39, 0.29) is 12.1 Å². The molecule has 0 heterocycles. The Morgan fingerprint density at radius 2 is 2.00 bits per heavy atom. The van der Waals surface area contributed by atoms with Gasteiger partial charge >= 0.3 is 0 Å². The number of ether oxygens (including phenoxy) is 1. The van der Waals surface area contributed by atoms with Gasteiger partial charge in [-0.05, 0) is 43.1 Å². The summed E-state index contributed by atoms with van der Waals surface area (Å²) in [4.78, 5) is 0. The highest BCUT2D eigenvalue weighted by Gasteiger charge is 2.23. The van der Waals surface area contributed by atoms with Crippen LogP contribution in [0.1, 0.15) is 38.3 Å². The summed E-state index contributed by atoms with van der Waals surface area (Å²) in [7, 11) is 1.73. The van der Waals surface area contributed by atoms with Crippen LogP contribution in [0.2, 0.25) is 10.0 Å². The summed E-state index contributed by atoms with van der Waals surface area (Å²) < 4.78 is 5.54. The van der Waals surface area contributed by atoms with Crippen LogP contribution in [0.3, 0.4) is 0 Å². The third-order valence-electron chi connectivity index (χ3n) is 2.98. The standard InChI is InChI=1S/C14H21Cl2NO/c1-4-8-17-14(13(5-2)18-3)11-9-10(15)6-7-12(11)16/h6-7,9,13-14,17H,4-5,8H2,1-3H3. The summed E-state index contributed by atoms with van der Waals surface area (Å²) in [6.07, 6.45) is 2.07. The maximum absolute atomic E-state index is 6.27. The summed E-state index contributed by atoms with van der Waals surface area (Å²) in [5.74, 6) is 0. The van der Waals surface area contributed by atoms with E-state index in [1.807, 2.05) is 12.1 Å². The molecular formula is C14H21Cl2NO. The maximum atomic E-state index is 6.27. The molecule has 1 N–H and O–H groups in total. The summed E-state index contributed by atoms with van der Waals surface area (Å²) in [5.41, 5.74) is 1.01. The first-order valence-corrected chi connectivity index (χ1v) is 7.10. The summed E-state index contributed by atoms with van der Waals surface area (Å²) in [6.45, 7) is 5.16. The van der Waals surface area contributed by atoms with Gasteiger partial charge in [0.25, 0.3) is 0 Å². The van der Waals surface area contributed by atoms with E-state index < -0.39 is 0 Å². The lowest BCUT2D eigenvalue weighted by Gasteiger charge is -2.27. The lowest BCUT2D eigenvalue weighted by molar-refractivity contribution is 0.0651. The predicted octanol–water partition coefficient (Wildman–Crippen LogP) is 4.46. The van der Waals surface area contributed by atoms with Crippen LogP contribution in [-0.2, 0) is 4.74 Å². The summed E-state index contributed by atoms with van der Waals surface area (Å²) in [6, 6.07) is 5.63. The molecule has 0 aromatic heterocycles. The van der Waals surface area contributed by atoms with Crippen LogP contribution in [0.4, 0.5) is 0 Å². The second kappa shape index (κ2) is 8.00. The smallest absolute Gasteiger partial charge is 0.0763 e. The van der Waals surface area contributed by atoms with Crippen molar-refractivity contribution in [3.63, 3.8) is 0 Å². The van der Waals surface area contributed by atoms with E-state index in [9.17, 15) is 0 Å². The van der Waals surface area contributed by atoms with Gasteiger partial charge in [-0.2, -0.15) is 0 Å². The molecule has 1 aromatic carbocycles. The van der Waals surface area contributed by atoms with Gasteiger partial charge in [-0.3, -0.25) is 0 Å². The Bertz CT molecular complexity index is 367. The Balaban J connectivity index is 3.03. The van der Waals surface area contributed by atoms with Crippen molar-refractivity contribution >= 4 is 23.2 Å². The average molecular weight is 290 g/mol. The van der Waals surface area contributed by atoms with Crippen molar-refractivity contribution < 1.29 is 4.74 Å². The van der Waals surface area contributed by atoms with Gasteiger partial charge in [-0.15, -0.1) is 0 Å². The van der Waals surface area contributed by atoms with Crippen LogP contribution in [0.25, 0.3) is 0 Å². The van der Waals surface area contributed by atoms with Gasteiger partial charge in [0.05, 0.1) is 12.1 Å². The molecule has 2 unspecified atom stereocenters. The minimum absolute atomic E-state index is 0.0751. The summed E-state index contributed by atoms with van der Waals surface area (Å²) >= 11 is 12.3. The molecule has 0 fully saturated rings. The van der Waals surface area contributed by atoms with Crippen LogP contribution in [0, 0.1) is 0 Å². The van der Waals surface area contributed by atoms with Gasteiger partial charge in [0.2, 0.25) is 0 Å². The highest BCUT2D eigenvalue weighted by Crippen LogP contribution is 2.30. The third kappa shape index (κ3) is 4.13. The molecule has 0 amide bonds. The van der Waals surface area contributed by atoms with Crippen molar-refractivity contribution in [1.82, 2.24) is 5.32 Å². The fourth-order valence-corrected chi connectivity index (χ4v) is 2.45. The Kier molecular flexibility index (Phi) is 7.02. The fourth-order valence-electron chi connectivity index (χ4n) is 2.03. The molecule has 0 saturated carbocycles. The van der Waals surface area contributed by atoms with Crippen molar-refractivity contribution in [2.24, 2.45) is 0 Å². The van der Waals surface area contributed by atoms with Crippen LogP contribution in [-0.4, -0.2) is 19.8 Å². The van der Waals surface area contributed by atoms with Gasteiger partial charge in [-0.1, -0.05) is 37.0 Å². The Labute approximate surface area is 120 Å². The normalized spacial score (nSPS) is 14.5. The number of rotatable bonds is 7. The minimum Gasteiger partial charge on any atom is -0.379 e. The van der Waals surface area contributed by atoms with Crippen LogP contribution in [0.15, 0.2) is 18.2 Å².